The SMILES string of the molecule is O=C(O)c1cccc(C#Cc2ccc(C(=O)O)cc2C(=O)O)c1. The lowest BCUT2D eigenvalue weighted by atomic mass is 10.0. The Morgan fingerprint density at radius 3 is 2.00 bits per heavy atom. The molecule has 2 rings (SSSR count). The number of rotatable bonds is 3. The van der Waals surface area contributed by atoms with Crippen molar-refractivity contribution in [3.8, 4) is 11.8 Å². The van der Waals surface area contributed by atoms with Gasteiger partial charge in [0.25, 0.3) is 0 Å². The summed E-state index contributed by atoms with van der Waals surface area (Å²) in [4.78, 5) is 33.0. The summed E-state index contributed by atoms with van der Waals surface area (Å²) >= 11 is 0. The van der Waals surface area contributed by atoms with Crippen LogP contribution in [-0.4, -0.2) is 33.2 Å². The summed E-state index contributed by atoms with van der Waals surface area (Å²) < 4.78 is 0. The Kier molecular flexibility index (Phi) is 4.43. The zero-order valence-corrected chi connectivity index (χ0v) is 11.6. The lowest BCUT2D eigenvalue weighted by molar-refractivity contribution is 0.0682. The molecule has 0 fully saturated rings. The predicted octanol–water partition coefficient (Wildman–Crippen LogP) is 2.18. The van der Waals surface area contributed by atoms with Crippen molar-refractivity contribution in [2.45, 2.75) is 0 Å². The van der Waals surface area contributed by atoms with Gasteiger partial charge in [-0.15, -0.1) is 0 Å². The Morgan fingerprint density at radius 1 is 0.739 bits per heavy atom. The van der Waals surface area contributed by atoms with E-state index in [0.717, 1.165) is 6.07 Å². The number of carbonyl (C=O) groups is 3. The molecular formula is C17H10O6. The van der Waals surface area contributed by atoms with Gasteiger partial charge >= 0.3 is 17.9 Å². The van der Waals surface area contributed by atoms with Crippen LogP contribution in [0, 0.1) is 11.8 Å². The fourth-order valence-corrected chi connectivity index (χ4v) is 1.83. The van der Waals surface area contributed by atoms with Crippen LogP contribution < -0.4 is 0 Å². The smallest absolute Gasteiger partial charge is 0.336 e. The van der Waals surface area contributed by atoms with Gasteiger partial charge in [0, 0.05) is 11.1 Å². The van der Waals surface area contributed by atoms with Gasteiger partial charge < -0.3 is 15.3 Å². The maximum absolute atomic E-state index is 11.2. The van der Waals surface area contributed by atoms with Gasteiger partial charge in [-0.2, -0.15) is 0 Å². The predicted molar refractivity (Wildman–Crippen MR) is 79.7 cm³/mol. The van der Waals surface area contributed by atoms with Gasteiger partial charge in [0.2, 0.25) is 0 Å². The van der Waals surface area contributed by atoms with Crippen molar-refractivity contribution in [2.24, 2.45) is 0 Å². The minimum atomic E-state index is -1.29. The lowest BCUT2D eigenvalue weighted by Crippen LogP contribution is -2.04. The van der Waals surface area contributed by atoms with Crippen LogP contribution in [0.5, 0.6) is 0 Å². The second kappa shape index (κ2) is 6.45. The average molecular weight is 310 g/mol. The summed E-state index contributed by atoms with van der Waals surface area (Å²) in [5.41, 5.74) is 0.232. The second-order valence-corrected chi connectivity index (χ2v) is 4.51. The van der Waals surface area contributed by atoms with Crippen LogP contribution in [0.15, 0.2) is 42.5 Å². The number of carboxylic acids is 3. The molecule has 0 spiro atoms. The lowest BCUT2D eigenvalue weighted by Gasteiger charge is -2.01. The minimum absolute atomic E-state index is 0.0662. The summed E-state index contributed by atoms with van der Waals surface area (Å²) in [5, 5.41) is 26.9. The molecule has 2 aromatic rings. The van der Waals surface area contributed by atoms with Gasteiger partial charge in [0.05, 0.1) is 16.7 Å². The number of benzene rings is 2. The number of hydrogen-bond acceptors (Lipinski definition) is 3. The molecule has 0 radical (unpaired) electrons. The summed E-state index contributed by atoms with van der Waals surface area (Å²) in [6.07, 6.45) is 0. The summed E-state index contributed by atoms with van der Waals surface area (Å²) in [6, 6.07) is 9.49. The molecule has 0 unspecified atom stereocenters. The Balaban J connectivity index is 2.45. The first kappa shape index (κ1) is 15.8. The van der Waals surface area contributed by atoms with Gasteiger partial charge in [-0.3, -0.25) is 0 Å². The van der Waals surface area contributed by atoms with Crippen molar-refractivity contribution in [1.82, 2.24) is 0 Å². The Morgan fingerprint density at radius 2 is 1.39 bits per heavy atom. The molecule has 0 aliphatic heterocycles. The van der Waals surface area contributed by atoms with E-state index in [1.165, 1.54) is 30.3 Å². The zero-order valence-electron chi connectivity index (χ0n) is 11.6. The van der Waals surface area contributed by atoms with E-state index in [9.17, 15) is 14.4 Å². The van der Waals surface area contributed by atoms with Gasteiger partial charge in [0.1, 0.15) is 0 Å². The molecule has 114 valence electrons. The molecule has 0 aromatic heterocycles. The maximum Gasteiger partial charge on any atom is 0.336 e. The number of hydrogen-bond donors (Lipinski definition) is 3. The van der Waals surface area contributed by atoms with Gasteiger partial charge in [-0.05, 0) is 36.4 Å². The van der Waals surface area contributed by atoms with Crippen LogP contribution in [0.3, 0.4) is 0 Å². The summed E-state index contributed by atoms with van der Waals surface area (Å²) in [6.45, 7) is 0. The third-order valence-electron chi connectivity index (χ3n) is 2.95. The molecule has 0 saturated carbocycles. The quantitative estimate of drug-likeness (QED) is 0.749. The van der Waals surface area contributed by atoms with Crippen molar-refractivity contribution in [1.29, 1.82) is 0 Å². The van der Waals surface area contributed by atoms with Crippen LogP contribution >= 0.6 is 0 Å². The van der Waals surface area contributed by atoms with E-state index >= 15 is 0 Å². The molecule has 6 heteroatoms. The molecule has 0 heterocycles. The molecule has 6 nitrogen and oxygen atoms in total. The normalized spacial score (nSPS) is 9.57. The Hall–Kier alpha value is -3.59. The van der Waals surface area contributed by atoms with Crippen molar-refractivity contribution < 1.29 is 29.7 Å². The van der Waals surface area contributed by atoms with Gasteiger partial charge in [0.15, 0.2) is 0 Å². The Bertz CT molecular complexity index is 870. The van der Waals surface area contributed by atoms with E-state index in [1.807, 2.05) is 0 Å². The van der Waals surface area contributed by atoms with Crippen molar-refractivity contribution in [3.05, 3.63) is 70.3 Å². The van der Waals surface area contributed by atoms with E-state index in [0.29, 0.717) is 5.56 Å². The highest BCUT2D eigenvalue weighted by Gasteiger charge is 2.12. The van der Waals surface area contributed by atoms with Gasteiger partial charge in [-0.1, -0.05) is 17.9 Å². The molecule has 0 bridgehead atoms. The first-order valence-corrected chi connectivity index (χ1v) is 6.34. The van der Waals surface area contributed by atoms with E-state index in [1.54, 1.807) is 6.07 Å². The highest BCUT2D eigenvalue weighted by atomic mass is 16.4. The van der Waals surface area contributed by atoms with E-state index in [4.69, 9.17) is 15.3 Å². The first-order valence-electron chi connectivity index (χ1n) is 6.34. The van der Waals surface area contributed by atoms with Crippen molar-refractivity contribution in [3.63, 3.8) is 0 Å². The highest BCUT2D eigenvalue weighted by Crippen LogP contribution is 2.12. The molecular weight excluding hydrogens is 300 g/mol. The number of carboxylic acid groups (broad SMARTS) is 3. The summed E-state index contributed by atoms with van der Waals surface area (Å²) in [7, 11) is 0. The third-order valence-corrected chi connectivity index (χ3v) is 2.95. The largest absolute Gasteiger partial charge is 0.478 e. The molecule has 0 aliphatic rings. The number of aromatic carboxylic acids is 3. The van der Waals surface area contributed by atoms with E-state index in [2.05, 4.69) is 11.8 Å². The molecule has 3 N–H and O–H groups in total. The molecule has 23 heavy (non-hydrogen) atoms. The molecule has 0 atom stereocenters. The standard InChI is InChI=1S/C17H10O6/c18-15(19)12-3-1-2-10(8-12)4-5-11-6-7-13(16(20)21)9-14(11)17(22)23/h1-3,6-9H,(H,18,19)(H,20,21)(H,22,23). The molecule has 0 aliphatic carbocycles. The van der Waals surface area contributed by atoms with Crippen molar-refractivity contribution >= 4 is 17.9 Å². The fraction of sp³-hybridized carbons (Fsp3) is 0. The maximum atomic E-state index is 11.2. The third kappa shape index (κ3) is 3.74. The van der Waals surface area contributed by atoms with Crippen LogP contribution in [0.4, 0.5) is 0 Å². The molecule has 2 aromatic carbocycles. The van der Waals surface area contributed by atoms with Crippen LogP contribution in [-0.2, 0) is 0 Å². The first-order chi connectivity index (χ1) is 10.9. The monoisotopic (exact) mass is 310 g/mol. The topological polar surface area (TPSA) is 112 Å². The Labute approximate surface area is 130 Å². The van der Waals surface area contributed by atoms with Crippen LogP contribution in [0.25, 0.3) is 0 Å². The van der Waals surface area contributed by atoms with Crippen LogP contribution in [0.1, 0.15) is 42.2 Å². The van der Waals surface area contributed by atoms with E-state index < -0.39 is 17.9 Å². The van der Waals surface area contributed by atoms with Gasteiger partial charge in [-0.25, -0.2) is 14.4 Å². The zero-order chi connectivity index (χ0) is 17.0. The highest BCUT2D eigenvalue weighted by molar-refractivity contribution is 5.95. The minimum Gasteiger partial charge on any atom is -0.478 e. The fourth-order valence-electron chi connectivity index (χ4n) is 1.83. The molecule has 0 saturated heterocycles. The van der Waals surface area contributed by atoms with Crippen LogP contribution in [0.2, 0.25) is 0 Å². The summed E-state index contributed by atoms with van der Waals surface area (Å²) in [5.74, 6) is 1.68. The second-order valence-electron chi connectivity index (χ2n) is 4.51. The van der Waals surface area contributed by atoms with E-state index in [-0.39, 0.29) is 22.3 Å². The molecule has 0 amide bonds. The van der Waals surface area contributed by atoms with Crippen molar-refractivity contribution in [2.75, 3.05) is 0 Å². The average Bonchev–Trinajstić information content (AvgIpc) is 2.52.